The van der Waals surface area contributed by atoms with Crippen molar-refractivity contribution in [3.8, 4) is 0 Å². The molecule has 1 aliphatic rings. The van der Waals surface area contributed by atoms with Crippen molar-refractivity contribution in [1.82, 2.24) is 19.4 Å². The van der Waals surface area contributed by atoms with Crippen LogP contribution in [-0.4, -0.2) is 44.5 Å². The van der Waals surface area contributed by atoms with Crippen LogP contribution >= 0.6 is 0 Å². The fourth-order valence-corrected chi connectivity index (χ4v) is 2.63. The maximum atomic E-state index is 12.3. The van der Waals surface area contributed by atoms with E-state index in [-0.39, 0.29) is 12.0 Å². The van der Waals surface area contributed by atoms with Crippen LogP contribution in [0, 0.1) is 0 Å². The van der Waals surface area contributed by atoms with Crippen LogP contribution in [0.25, 0.3) is 0 Å². The number of carbonyl (C=O) groups excluding carboxylic acids is 1. The van der Waals surface area contributed by atoms with E-state index in [1.807, 2.05) is 23.2 Å². The van der Waals surface area contributed by atoms with Crippen molar-refractivity contribution >= 4 is 5.91 Å². The molecule has 0 N–H and O–H groups in total. The van der Waals surface area contributed by atoms with Gasteiger partial charge in [0.2, 0.25) is 5.91 Å². The summed E-state index contributed by atoms with van der Waals surface area (Å²) < 4.78 is 7.73. The SMILES string of the molecule is O=C(Cn1ccnc1)N1CCCC(OCc2cccnc2)C1. The Hall–Kier alpha value is -2.21. The lowest BCUT2D eigenvalue weighted by molar-refractivity contribution is -0.136. The van der Waals surface area contributed by atoms with Crippen LogP contribution < -0.4 is 0 Å². The number of amides is 1. The van der Waals surface area contributed by atoms with Gasteiger partial charge in [0.25, 0.3) is 0 Å². The molecule has 0 saturated carbocycles. The Bertz CT molecular complexity index is 585. The minimum Gasteiger partial charge on any atom is -0.372 e. The number of rotatable bonds is 5. The molecule has 116 valence electrons. The maximum absolute atomic E-state index is 12.3. The van der Waals surface area contributed by atoms with E-state index in [0.29, 0.717) is 19.7 Å². The first-order chi connectivity index (χ1) is 10.8. The van der Waals surface area contributed by atoms with E-state index in [1.165, 1.54) is 0 Å². The Morgan fingerprint density at radius 1 is 1.36 bits per heavy atom. The number of aromatic nitrogens is 3. The van der Waals surface area contributed by atoms with Crippen molar-refractivity contribution in [2.75, 3.05) is 13.1 Å². The summed E-state index contributed by atoms with van der Waals surface area (Å²) in [5, 5.41) is 0. The van der Waals surface area contributed by atoms with Crippen LogP contribution in [0.2, 0.25) is 0 Å². The van der Waals surface area contributed by atoms with E-state index in [4.69, 9.17) is 4.74 Å². The topological polar surface area (TPSA) is 60.2 Å². The molecule has 22 heavy (non-hydrogen) atoms. The fourth-order valence-electron chi connectivity index (χ4n) is 2.63. The molecule has 3 heterocycles. The van der Waals surface area contributed by atoms with E-state index in [2.05, 4.69) is 9.97 Å². The molecule has 0 aliphatic carbocycles. The number of hydrogen-bond donors (Lipinski definition) is 0. The van der Waals surface area contributed by atoms with Gasteiger partial charge in [-0.25, -0.2) is 4.98 Å². The Balaban J connectivity index is 1.49. The van der Waals surface area contributed by atoms with Gasteiger partial charge in [0.15, 0.2) is 0 Å². The Kier molecular flexibility index (Phi) is 4.80. The van der Waals surface area contributed by atoms with E-state index >= 15 is 0 Å². The van der Waals surface area contributed by atoms with Gasteiger partial charge in [-0.05, 0) is 24.5 Å². The molecule has 1 amide bonds. The zero-order valence-corrected chi connectivity index (χ0v) is 12.5. The summed E-state index contributed by atoms with van der Waals surface area (Å²) >= 11 is 0. The molecule has 0 aromatic carbocycles. The van der Waals surface area contributed by atoms with Gasteiger partial charge in [0.05, 0.1) is 19.0 Å². The molecule has 0 spiro atoms. The first-order valence-corrected chi connectivity index (χ1v) is 7.55. The molecule has 1 saturated heterocycles. The smallest absolute Gasteiger partial charge is 0.242 e. The highest BCUT2D eigenvalue weighted by molar-refractivity contribution is 5.76. The number of pyridine rings is 1. The van der Waals surface area contributed by atoms with Gasteiger partial charge in [-0.2, -0.15) is 0 Å². The number of hydrogen-bond acceptors (Lipinski definition) is 4. The number of carbonyl (C=O) groups is 1. The number of likely N-dealkylation sites (tertiary alicyclic amines) is 1. The quantitative estimate of drug-likeness (QED) is 0.839. The largest absolute Gasteiger partial charge is 0.372 e. The van der Waals surface area contributed by atoms with Gasteiger partial charge < -0.3 is 14.2 Å². The van der Waals surface area contributed by atoms with E-state index in [1.54, 1.807) is 29.5 Å². The van der Waals surface area contributed by atoms with Crippen LogP contribution in [0.3, 0.4) is 0 Å². The zero-order chi connectivity index (χ0) is 15.2. The van der Waals surface area contributed by atoms with Crippen LogP contribution in [0.5, 0.6) is 0 Å². The van der Waals surface area contributed by atoms with Crippen LogP contribution in [-0.2, 0) is 22.7 Å². The van der Waals surface area contributed by atoms with Crippen molar-refractivity contribution in [2.45, 2.75) is 32.1 Å². The third kappa shape index (κ3) is 3.92. The second kappa shape index (κ2) is 7.17. The molecule has 2 aromatic rings. The fraction of sp³-hybridized carbons (Fsp3) is 0.438. The van der Waals surface area contributed by atoms with Crippen LogP contribution in [0.15, 0.2) is 43.2 Å². The van der Waals surface area contributed by atoms with Crippen molar-refractivity contribution in [1.29, 1.82) is 0 Å². The van der Waals surface area contributed by atoms with Crippen molar-refractivity contribution in [3.63, 3.8) is 0 Å². The monoisotopic (exact) mass is 300 g/mol. The van der Waals surface area contributed by atoms with Crippen molar-refractivity contribution in [3.05, 3.63) is 48.8 Å². The van der Waals surface area contributed by atoms with Gasteiger partial charge in [-0.15, -0.1) is 0 Å². The minimum atomic E-state index is 0.0979. The molecule has 1 atom stereocenters. The number of ether oxygens (including phenoxy) is 1. The lowest BCUT2D eigenvalue weighted by Gasteiger charge is -2.32. The second-order valence-corrected chi connectivity index (χ2v) is 5.51. The molecule has 1 aliphatic heterocycles. The standard InChI is InChI=1S/C16H20N4O2/c21-16(11-19-8-6-18-13-19)20-7-2-4-15(10-20)22-12-14-3-1-5-17-9-14/h1,3,5-6,8-9,13,15H,2,4,7,10-12H2. The Labute approximate surface area is 129 Å². The average Bonchev–Trinajstić information content (AvgIpc) is 3.07. The summed E-state index contributed by atoms with van der Waals surface area (Å²) in [6.07, 6.45) is 10.8. The van der Waals surface area contributed by atoms with Gasteiger partial charge >= 0.3 is 0 Å². The highest BCUT2D eigenvalue weighted by atomic mass is 16.5. The minimum absolute atomic E-state index is 0.0979. The Morgan fingerprint density at radius 2 is 2.32 bits per heavy atom. The lowest BCUT2D eigenvalue weighted by atomic mass is 10.1. The summed E-state index contributed by atoms with van der Waals surface area (Å²) in [7, 11) is 0. The molecule has 1 unspecified atom stereocenters. The molecule has 0 bridgehead atoms. The van der Waals surface area contributed by atoms with Gasteiger partial charge in [0.1, 0.15) is 6.54 Å². The third-order valence-corrected chi connectivity index (χ3v) is 3.82. The maximum Gasteiger partial charge on any atom is 0.242 e. The first kappa shape index (κ1) is 14.7. The van der Waals surface area contributed by atoms with E-state index in [9.17, 15) is 4.79 Å². The second-order valence-electron chi connectivity index (χ2n) is 5.51. The molecule has 0 radical (unpaired) electrons. The predicted octanol–water partition coefficient (Wildman–Crippen LogP) is 1.49. The van der Waals surface area contributed by atoms with Crippen LogP contribution in [0.1, 0.15) is 18.4 Å². The predicted molar refractivity (Wildman–Crippen MR) is 80.9 cm³/mol. The summed E-state index contributed by atoms with van der Waals surface area (Å²) in [6.45, 7) is 2.35. The highest BCUT2D eigenvalue weighted by Gasteiger charge is 2.24. The molecular formula is C16H20N4O2. The van der Waals surface area contributed by atoms with Crippen molar-refractivity contribution in [2.24, 2.45) is 0 Å². The summed E-state index contributed by atoms with van der Waals surface area (Å²) in [5.41, 5.74) is 1.06. The van der Waals surface area contributed by atoms with Crippen LogP contribution in [0.4, 0.5) is 0 Å². The van der Waals surface area contributed by atoms with E-state index < -0.39 is 0 Å². The molecule has 3 rings (SSSR count). The van der Waals surface area contributed by atoms with Gasteiger partial charge in [-0.3, -0.25) is 9.78 Å². The van der Waals surface area contributed by atoms with Gasteiger partial charge in [0, 0.05) is 37.9 Å². The van der Waals surface area contributed by atoms with Crippen molar-refractivity contribution < 1.29 is 9.53 Å². The lowest BCUT2D eigenvalue weighted by Crippen LogP contribution is -2.44. The highest BCUT2D eigenvalue weighted by Crippen LogP contribution is 2.15. The Morgan fingerprint density at radius 3 is 3.09 bits per heavy atom. The summed E-state index contributed by atoms with van der Waals surface area (Å²) in [6, 6.07) is 3.90. The third-order valence-electron chi connectivity index (χ3n) is 3.82. The van der Waals surface area contributed by atoms with E-state index in [0.717, 1.165) is 24.9 Å². The average molecular weight is 300 g/mol. The summed E-state index contributed by atoms with van der Waals surface area (Å²) in [5.74, 6) is 0.118. The molecule has 2 aromatic heterocycles. The molecule has 6 nitrogen and oxygen atoms in total. The number of nitrogens with zero attached hydrogens (tertiary/aromatic N) is 4. The first-order valence-electron chi connectivity index (χ1n) is 7.55. The summed E-state index contributed by atoms with van der Waals surface area (Å²) in [4.78, 5) is 22.2. The molecule has 6 heteroatoms. The molecular weight excluding hydrogens is 280 g/mol. The van der Waals surface area contributed by atoms with Gasteiger partial charge in [-0.1, -0.05) is 6.07 Å². The molecule has 1 fully saturated rings. The number of imidazole rings is 1. The normalized spacial score (nSPS) is 18.4. The number of piperidine rings is 1. The zero-order valence-electron chi connectivity index (χ0n) is 12.5.